The van der Waals surface area contributed by atoms with Crippen LogP contribution < -0.4 is 10.6 Å². The molecular formula is C14H25N3O8. The number of likely N-dealkylation sites (N-methyl/N-ethyl adjacent to an activating group) is 1. The Hall–Kier alpha value is -2.40. The predicted octanol–water partition coefficient (Wildman–Crippen LogP) is -0.973. The zero-order chi connectivity index (χ0) is 19.2. The molecule has 0 saturated heterocycles. The van der Waals surface area contributed by atoms with Crippen molar-refractivity contribution in [3.63, 3.8) is 0 Å². The third-order valence-electron chi connectivity index (χ3n) is 3.16. The van der Waals surface area contributed by atoms with Gasteiger partial charge in [-0.15, -0.1) is 0 Å². The zero-order valence-corrected chi connectivity index (χ0v) is 14.1. The SMILES string of the molecule is CNCCOC(=O)NCCCCC(C(=O)O)N(CC(=O)O)CC(=O)O. The largest absolute Gasteiger partial charge is 0.480 e. The molecule has 0 aromatic carbocycles. The van der Waals surface area contributed by atoms with Crippen molar-refractivity contribution in [1.29, 1.82) is 0 Å². The van der Waals surface area contributed by atoms with E-state index in [9.17, 15) is 24.3 Å². The highest BCUT2D eigenvalue weighted by molar-refractivity contribution is 5.78. The summed E-state index contributed by atoms with van der Waals surface area (Å²) in [5.41, 5.74) is 0. The number of rotatable bonds is 14. The Morgan fingerprint density at radius 1 is 1.00 bits per heavy atom. The number of aliphatic carboxylic acids is 3. The van der Waals surface area contributed by atoms with Crippen molar-refractivity contribution in [3.8, 4) is 0 Å². The number of amides is 1. The first-order valence-corrected chi connectivity index (χ1v) is 7.73. The molecule has 0 spiro atoms. The molecule has 1 amide bonds. The van der Waals surface area contributed by atoms with Crippen molar-refractivity contribution in [3.05, 3.63) is 0 Å². The lowest BCUT2D eigenvalue weighted by Gasteiger charge is -2.25. The second-order valence-electron chi connectivity index (χ2n) is 5.21. The topological polar surface area (TPSA) is 165 Å². The zero-order valence-electron chi connectivity index (χ0n) is 14.1. The molecule has 11 nitrogen and oxygen atoms in total. The number of hydrogen-bond donors (Lipinski definition) is 5. The third-order valence-corrected chi connectivity index (χ3v) is 3.16. The van der Waals surface area contributed by atoms with Crippen LogP contribution in [0.15, 0.2) is 0 Å². The van der Waals surface area contributed by atoms with Crippen molar-refractivity contribution >= 4 is 24.0 Å². The van der Waals surface area contributed by atoms with E-state index in [1.807, 2.05) is 0 Å². The van der Waals surface area contributed by atoms with Crippen LogP contribution >= 0.6 is 0 Å². The van der Waals surface area contributed by atoms with E-state index in [4.69, 9.17) is 14.9 Å². The lowest BCUT2D eigenvalue weighted by atomic mass is 10.1. The van der Waals surface area contributed by atoms with Crippen LogP contribution in [0.25, 0.3) is 0 Å². The molecule has 0 aromatic rings. The summed E-state index contributed by atoms with van der Waals surface area (Å²) in [5, 5.41) is 32.1. The van der Waals surface area contributed by atoms with Gasteiger partial charge in [0.05, 0.1) is 13.1 Å². The molecule has 1 unspecified atom stereocenters. The highest BCUT2D eigenvalue weighted by atomic mass is 16.5. The molecule has 0 heterocycles. The summed E-state index contributed by atoms with van der Waals surface area (Å²) in [4.78, 5) is 45.0. The Kier molecular flexibility index (Phi) is 11.7. The summed E-state index contributed by atoms with van der Waals surface area (Å²) in [6.45, 7) is -0.347. The Morgan fingerprint density at radius 2 is 1.60 bits per heavy atom. The lowest BCUT2D eigenvalue weighted by Crippen LogP contribution is -2.46. The molecule has 0 aliphatic rings. The molecule has 0 aliphatic heterocycles. The van der Waals surface area contributed by atoms with Crippen LogP contribution in [0.3, 0.4) is 0 Å². The van der Waals surface area contributed by atoms with E-state index in [0.29, 0.717) is 19.4 Å². The van der Waals surface area contributed by atoms with E-state index >= 15 is 0 Å². The monoisotopic (exact) mass is 363 g/mol. The summed E-state index contributed by atoms with van der Waals surface area (Å²) in [5.74, 6) is -3.90. The minimum atomic E-state index is -1.31. The van der Waals surface area contributed by atoms with Gasteiger partial charge < -0.3 is 30.7 Å². The first-order valence-electron chi connectivity index (χ1n) is 7.73. The van der Waals surface area contributed by atoms with E-state index < -0.39 is 43.1 Å². The average molecular weight is 363 g/mol. The maximum atomic E-state index is 11.3. The molecule has 11 heteroatoms. The van der Waals surface area contributed by atoms with E-state index in [1.54, 1.807) is 7.05 Å². The molecule has 144 valence electrons. The molecule has 0 aromatic heterocycles. The van der Waals surface area contributed by atoms with Crippen LogP contribution in [0.4, 0.5) is 4.79 Å². The molecule has 0 fully saturated rings. The molecule has 0 aliphatic carbocycles. The van der Waals surface area contributed by atoms with Crippen molar-refractivity contribution in [2.45, 2.75) is 25.3 Å². The van der Waals surface area contributed by atoms with Crippen molar-refractivity contribution in [2.24, 2.45) is 0 Å². The van der Waals surface area contributed by atoms with Gasteiger partial charge in [0.2, 0.25) is 0 Å². The summed E-state index contributed by atoms with van der Waals surface area (Å²) < 4.78 is 4.83. The fourth-order valence-electron chi connectivity index (χ4n) is 2.04. The van der Waals surface area contributed by atoms with Crippen LogP contribution in [-0.2, 0) is 19.1 Å². The number of carboxylic acids is 3. The molecule has 25 heavy (non-hydrogen) atoms. The number of carbonyl (C=O) groups is 4. The second-order valence-corrected chi connectivity index (χ2v) is 5.21. The van der Waals surface area contributed by atoms with Gasteiger partial charge >= 0.3 is 24.0 Å². The van der Waals surface area contributed by atoms with E-state index in [-0.39, 0.29) is 19.6 Å². The maximum absolute atomic E-state index is 11.3. The number of nitrogens with zero attached hydrogens (tertiary/aromatic N) is 1. The van der Waals surface area contributed by atoms with Gasteiger partial charge in [0, 0.05) is 13.1 Å². The summed E-state index contributed by atoms with van der Waals surface area (Å²) in [7, 11) is 1.72. The highest BCUT2D eigenvalue weighted by Gasteiger charge is 2.28. The van der Waals surface area contributed by atoms with Gasteiger partial charge in [0.15, 0.2) is 0 Å². The quantitative estimate of drug-likeness (QED) is 0.242. The molecule has 0 rings (SSSR count). The van der Waals surface area contributed by atoms with E-state index in [2.05, 4.69) is 10.6 Å². The van der Waals surface area contributed by atoms with Crippen LogP contribution in [0.2, 0.25) is 0 Å². The van der Waals surface area contributed by atoms with E-state index in [0.717, 1.165) is 4.90 Å². The maximum Gasteiger partial charge on any atom is 0.407 e. The number of carbonyl (C=O) groups excluding carboxylic acids is 1. The minimum Gasteiger partial charge on any atom is -0.480 e. The number of nitrogens with one attached hydrogen (secondary N) is 2. The second kappa shape index (κ2) is 13.0. The number of hydrogen-bond acceptors (Lipinski definition) is 7. The van der Waals surface area contributed by atoms with Gasteiger partial charge in [-0.05, 0) is 26.3 Å². The van der Waals surface area contributed by atoms with Crippen LogP contribution in [0, 0.1) is 0 Å². The predicted molar refractivity (Wildman–Crippen MR) is 85.4 cm³/mol. The molecule has 0 saturated carbocycles. The molecule has 0 radical (unpaired) electrons. The van der Waals surface area contributed by atoms with Crippen molar-refractivity contribution in [2.75, 3.05) is 39.8 Å². The lowest BCUT2D eigenvalue weighted by molar-refractivity contribution is -0.149. The number of ether oxygens (including phenoxy) is 1. The van der Waals surface area contributed by atoms with Crippen molar-refractivity contribution < 1.29 is 39.2 Å². The standard InChI is InChI=1S/C14H25N3O8/c1-15-6-7-25-14(24)16-5-3-2-4-10(13(22)23)17(8-11(18)19)9-12(20)21/h10,15H,2-9H2,1H3,(H,16,24)(H,18,19)(H,20,21)(H,22,23). The molecule has 0 bridgehead atoms. The van der Waals surface area contributed by atoms with Gasteiger partial charge in [0.25, 0.3) is 0 Å². The average Bonchev–Trinajstić information content (AvgIpc) is 2.49. The number of unbranched alkanes of at least 4 members (excludes halogenated alkanes) is 1. The fourth-order valence-corrected chi connectivity index (χ4v) is 2.04. The van der Waals surface area contributed by atoms with Crippen LogP contribution in [-0.4, -0.2) is 90.1 Å². The van der Waals surface area contributed by atoms with Gasteiger partial charge in [0.1, 0.15) is 12.6 Å². The minimum absolute atomic E-state index is 0.0619. The Labute approximate surface area is 144 Å². The smallest absolute Gasteiger partial charge is 0.407 e. The Balaban J connectivity index is 4.29. The molecular weight excluding hydrogens is 338 g/mol. The Morgan fingerprint density at radius 3 is 2.08 bits per heavy atom. The third kappa shape index (κ3) is 11.7. The first kappa shape index (κ1) is 22.6. The van der Waals surface area contributed by atoms with Crippen LogP contribution in [0.5, 0.6) is 0 Å². The highest BCUT2D eigenvalue weighted by Crippen LogP contribution is 2.09. The number of carboxylic acid groups (broad SMARTS) is 3. The summed E-state index contributed by atoms with van der Waals surface area (Å²) in [6.07, 6.45) is 0.290. The molecule has 5 N–H and O–H groups in total. The molecule has 1 atom stereocenters. The number of alkyl carbamates (subject to hydrolysis) is 1. The normalized spacial score (nSPS) is 11.8. The summed E-state index contributed by atoms with van der Waals surface area (Å²) >= 11 is 0. The Bertz CT molecular complexity index is 441. The van der Waals surface area contributed by atoms with Gasteiger partial charge in [-0.1, -0.05) is 0 Å². The fraction of sp³-hybridized carbons (Fsp3) is 0.714. The first-order chi connectivity index (χ1) is 11.8. The van der Waals surface area contributed by atoms with E-state index in [1.165, 1.54) is 0 Å². The van der Waals surface area contributed by atoms with Crippen molar-refractivity contribution in [1.82, 2.24) is 15.5 Å². The van der Waals surface area contributed by atoms with Gasteiger partial charge in [-0.25, -0.2) is 4.79 Å². The van der Waals surface area contributed by atoms with Crippen LogP contribution in [0.1, 0.15) is 19.3 Å². The van der Waals surface area contributed by atoms with Gasteiger partial charge in [-0.3, -0.25) is 19.3 Å². The summed E-state index contributed by atoms with van der Waals surface area (Å²) in [6, 6.07) is -1.23. The van der Waals surface area contributed by atoms with Gasteiger partial charge in [-0.2, -0.15) is 0 Å².